The van der Waals surface area contributed by atoms with E-state index in [9.17, 15) is 0 Å². The van der Waals surface area contributed by atoms with Crippen LogP contribution in [0.3, 0.4) is 0 Å². The Morgan fingerprint density at radius 1 is 1.43 bits per heavy atom. The fourth-order valence-electron chi connectivity index (χ4n) is 1.20. The van der Waals surface area contributed by atoms with Crippen molar-refractivity contribution in [2.75, 3.05) is 0 Å². The van der Waals surface area contributed by atoms with E-state index in [0.717, 1.165) is 11.1 Å². The van der Waals surface area contributed by atoms with E-state index in [4.69, 9.17) is 16.1 Å². The summed E-state index contributed by atoms with van der Waals surface area (Å²) in [5.74, 6) is 1.31. The van der Waals surface area contributed by atoms with Gasteiger partial charge in [0.05, 0.1) is 5.88 Å². The van der Waals surface area contributed by atoms with E-state index >= 15 is 0 Å². The summed E-state index contributed by atoms with van der Waals surface area (Å²) in [6.45, 7) is 2.02. The van der Waals surface area contributed by atoms with Gasteiger partial charge in [-0.1, -0.05) is 22.9 Å². The van der Waals surface area contributed by atoms with Gasteiger partial charge in [0.25, 0.3) is 5.89 Å². The number of alkyl halides is 1. The van der Waals surface area contributed by atoms with Crippen LogP contribution in [0.5, 0.6) is 0 Å². The van der Waals surface area contributed by atoms with Crippen LogP contribution in [0.4, 0.5) is 0 Å². The Morgan fingerprint density at radius 2 is 2.29 bits per heavy atom. The monoisotopic (exact) mass is 208 g/mol. The van der Waals surface area contributed by atoms with Gasteiger partial charge in [0, 0.05) is 5.56 Å². The third kappa shape index (κ3) is 1.77. The van der Waals surface area contributed by atoms with Gasteiger partial charge in [-0.15, -0.1) is 11.6 Å². The molecule has 1 aromatic carbocycles. The summed E-state index contributed by atoms with van der Waals surface area (Å²) in [5.41, 5.74) is 2.09. The Kier molecular flexibility index (Phi) is 2.50. The molecule has 0 bridgehead atoms. The van der Waals surface area contributed by atoms with Crippen LogP contribution < -0.4 is 0 Å². The number of hydrogen-bond acceptors (Lipinski definition) is 3. The van der Waals surface area contributed by atoms with Gasteiger partial charge < -0.3 is 4.52 Å². The lowest BCUT2D eigenvalue weighted by atomic mass is 10.1. The Morgan fingerprint density at radius 3 is 2.93 bits per heavy atom. The van der Waals surface area contributed by atoms with Crippen molar-refractivity contribution in [3.8, 4) is 11.5 Å². The van der Waals surface area contributed by atoms with Crippen LogP contribution in [-0.2, 0) is 5.88 Å². The molecule has 0 saturated carbocycles. The highest BCUT2D eigenvalue weighted by molar-refractivity contribution is 6.16. The van der Waals surface area contributed by atoms with Crippen LogP contribution in [0.25, 0.3) is 11.5 Å². The molecule has 0 amide bonds. The molecule has 14 heavy (non-hydrogen) atoms. The van der Waals surface area contributed by atoms with E-state index in [1.54, 1.807) is 0 Å². The van der Waals surface area contributed by atoms with Crippen molar-refractivity contribution in [3.63, 3.8) is 0 Å². The molecule has 0 unspecified atom stereocenters. The van der Waals surface area contributed by atoms with Gasteiger partial charge in [-0.3, -0.25) is 0 Å². The summed E-state index contributed by atoms with van der Waals surface area (Å²) < 4.78 is 5.05. The molecule has 0 fully saturated rings. The van der Waals surface area contributed by atoms with E-state index in [1.807, 2.05) is 31.2 Å². The Hall–Kier alpha value is -1.35. The van der Waals surface area contributed by atoms with Crippen LogP contribution in [0.2, 0.25) is 0 Å². The number of benzene rings is 1. The fourth-order valence-corrected chi connectivity index (χ4v) is 1.31. The summed E-state index contributed by atoms with van der Waals surface area (Å²) in [6, 6.07) is 7.89. The molecule has 0 N–H and O–H groups in total. The molecule has 3 nitrogen and oxygen atoms in total. The highest BCUT2D eigenvalue weighted by Crippen LogP contribution is 2.18. The smallest absolute Gasteiger partial charge is 0.257 e. The lowest BCUT2D eigenvalue weighted by Crippen LogP contribution is -1.81. The van der Waals surface area contributed by atoms with Gasteiger partial charge >= 0.3 is 0 Å². The number of nitrogens with zero attached hydrogens (tertiary/aromatic N) is 2. The van der Waals surface area contributed by atoms with Crippen LogP contribution >= 0.6 is 11.6 Å². The Bertz CT molecular complexity index is 439. The summed E-state index contributed by atoms with van der Waals surface area (Å²) in [5, 5.41) is 3.72. The molecule has 2 aromatic rings. The molecule has 2 rings (SSSR count). The summed E-state index contributed by atoms with van der Waals surface area (Å²) in [4.78, 5) is 4.13. The first kappa shape index (κ1) is 9.21. The topological polar surface area (TPSA) is 38.9 Å². The second-order valence-corrected chi connectivity index (χ2v) is 3.29. The molecule has 0 saturated heterocycles. The number of rotatable bonds is 2. The maximum atomic E-state index is 5.57. The van der Waals surface area contributed by atoms with Gasteiger partial charge in [0.1, 0.15) is 0 Å². The SMILES string of the molecule is Cc1cccc(-c2nc(CCl)no2)c1. The molecular formula is C10H9ClN2O. The number of halogens is 1. The van der Waals surface area contributed by atoms with Crippen LogP contribution in [0.15, 0.2) is 28.8 Å². The molecule has 0 atom stereocenters. The van der Waals surface area contributed by atoms with E-state index in [0.29, 0.717) is 11.7 Å². The molecule has 0 aliphatic rings. The van der Waals surface area contributed by atoms with Crippen LogP contribution in [0.1, 0.15) is 11.4 Å². The molecule has 4 heteroatoms. The first-order valence-electron chi connectivity index (χ1n) is 4.25. The van der Waals surface area contributed by atoms with Crippen molar-refractivity contribution < 1.29 is 4.52 Å². The Labute approximate surface area is 86.7 Å². The second kappa shape index (κ2) is 3.80. The minimum Gasteiger partial charge on any atom is -0.334 e. The summed E-state index contributed by atoms with van der Waals surface area (Å²) >= 11 is 5.57. The third-order valence-electron chi connectivity index (χ3n) is 1.85. The van der Waals surface area contributed by atoms with Gasteiger partial charge in [-0.25, -0.2) is 0 Å². The first-order valence-corrected chi connectivity index (χ1v) is 4.78. The lowest BCUT2D eigenvalue weighted by molar-refractivity contribution is 0.425. The highest BCUT2D eigenvalue weighted by atomic mass is 35.5. The quantitative estimate of drug-likeness (QED) is 0.713. The van der Waals surface area contributed by atoms with Gasteiger partial charge in [0.2, 0.25) is 0 Å². The van der Waals surface area contributed by atoms with Crippen molar-refractivity contribution in [3.05, 3.63) is 35.7 Å². The van der Waals surface area contributed by atoms with Gasteiger partial charge in [-0.05, 0) is 19.1 Å². The van der Waals surface area contributed by atoms with Crippen molar-refractivity contribution in [2.45, 2.75) is 12.8 Å². The molecule has 72 valence electrons. The largest absolute Gasteiger partial charge is 0.334 e. The zero-order valence-corrected chi connectivity index (χ0v) is 8.45. The average Bonchev–Trinajstić information content (AvgIpc) is 2.66. The molecule has 0 aliphatic carbocycles. The normalized spacial score (nSPS) is 10.4. The number of aryl methyl sites for hydroxylation is 1. The predicted octanol–water partition coefficient (Wildman–Crippen LogP) is 2.78. The van der Waals surface area contributed by atoms with Crippen molar-refractivity contribution in [1.29, 1.82) is 0 Å². The van der Waals surface area contributed by atoms with E-state index < -0.39 is 0 Å². The average molecular weight is 209 g/mol. The van der Waals surface area contributed by atoms with Crippen molar-refractivity contribution in [2.24, 2.45) is 0 Å². The summed E-state index contributed by atoms with van der Waals surface area (Å²) in [6.07, 6.45) is 0. The molecule has 1 heterocycles. The molecule has 0 aliphatic heterocycles. The van der Waals surface area contributed by atoms with E-state index in [1.165, 1.54) is 0 Å². The van der Waals surface area contributed by atoms with Crippen LogP contribution in [-0.4, -0.2) is 10.1 Å². The zero-order chi connectivity index (χ0) is 9.97. The van der Waals surface area contributed by atoms with Gasteiger partial charge in [0.15, 0.2) is 5.82 Å². The maximum absolute atomic E-state index is 5.57. The standard InChI is InChI=1S/C10H9ClN2O/c1-7-3-2-4-8(5-7)10-12-9(6-11)13-14-10/h2-5H,6H2,1H3. The highest BCUT2D eigenvalue weighted by Gasteiger charge is 2.07. The number of hydrogen-bond donors (Lipinski definition) is 0. The molecule has 0 spiro atoms. The third-order valence-corrected chi connectivity index (χ3v) is 2.09. The van der Waals surface area contributed by atoms with E-state index in [-0.39, 0.29) is 5.88 Å². The van der Waals surface area contributed by atoms with Crippen molar-refractivity contribution in [1.82, 2.24) is 10.1 Å². The summed E-state index contributed by atoms with van der Waals surface area (Å²) in [7, 11) is 0. The molecule has 0 radical (unpaired) electrons. The minimum atomic E-state index is 0.273. The first-order chi connectivity index (χ1) is 6.79. The zero-order valence-electron chi connectivity index (χ0n) is 7.70. The van der Waals surface area contributed by atoms with E-state index in [2.05, 4.69) is 10.1 Å². The van der Waals surface area contributed by atoms with Gasteiger partial charge in [-0.2, -0.15) is 4.98 Å². The number of aromatic nitrogens is 2. The predicted molar refractivity (Wildman–Crippen MR) is 54.0 cm³/mol. The van der Waals surface area contributed by atoms with Crippen molar-refractivity contribution >= 4 is 11.6 Å². The second-order valence-electron chi connectivity index (χ2n) is 3.02. The Balaban J connectivity index is 2.39. The molecule has 1 aromatic heterocycles. The fraction of sp³-hybridized carbons (Fsp3) is 0.200. The lowest BCUT2D eigenvalue weighted by Gasteiger charge is -1.94. The maximum Gasteiger partial charge on any atom is 0.257 e. The van der Waals surface area contributed by atoms with Crippen LogP contribution in [0, 0.1) is 6.92 Å². The minimum absolute atomic E-state index is 0.273. The molecular weight excluding hydrogens is 200 g/mol.